The number of ketones is 1. The first-order valence-corrected chi connectivity index (χ1v) is 8.03. The van der Waals surface area contributed by atoms with E-state index in [1.807, 2.05) is 24.3 Å². The number of nitro benzene ring substituents is 1. The zero-order chi connectivity index (χ0) is 18.1. The van der Waals surface area contributed by atoms with Gasteiger partial charge in [-0.15, -0.1) is 0 Å². The molecule has 26 heavy (non-hydrogen) atoms. The van der Waals surface area contributed by atoms with Crippen LogP contribution in [0.5, 0.6) is 5.75 Å². The van der Waals surface area contributed by atoms with Crippen molar-refractivity contribution in [2.45, 2.75) is 6.61 Å². The fourth-order valence-corrected chi connectivity index (χ4v) is 2.93. The maximum atomic E-state index is 12.7. The molecule has 0 atom stereocenters. The largest absolute Gasteiger partial charge is 0.488 e. The minimum absolute atomic E-state index is 0.0363. The Morgan fingerprint density at radius 2 is 1.65 bits per heavy atom. The molecule has 0 unspecified atom stereocenters. The number of nitrogens with one attached hydrogen (secondary N) is 1. The lowest BCUT2D eigenvalue weighted by Gasteiger charge is -2.10. The van der Waals surface area contributed by atoms with E-state index in [2.05, 4.69) is 5.32 Å². The van der Waals surface area contributed by atoms with Crippen molar-refractivity contribution in [1.82, 2.24) is 0 Å². The summed E-state index contributed by atoms with van der Waals surface area (Å²) < 4.78 is 5.77. The van der Waals surface area contributed by atoms with Crippen molar-refractivity contribution in [1.29, 1.82) is 0 Å². The summed E-state index contributed by atoms with van der Waals surface area (Å²) in [4.78, 5) is 23.0. The van der Waals surface area contributed by atoms with E-state index < -0.39 is 4.92 Å². The second-order valence-electron chi connectivity index (χ2n) is 5.91. The van der Waals surface area contributed by atoms with Gasteiger partial charge in [0.1, 0.15) is 12.4 Å². The molecule has 0 aromatic heterocycles. The number of benzene rings is 3. The molecule has 1 heterocycles. The van der Waals surface area contributed by atoms with Crippen molar-refractivity contribution in [3.63, 3.8) is 0 Å². The molecule has 1 N–H and O–H groups in total. The van der Waals surface area contributed by atoms with Crippen LogP contribution in [0.4, 0.5) is 17.1 Å². The van der Waals surface area contributed by atoms with E-state index >= 15 is 0 Å². The molecule has 0 fully saturated rings. The highest BCUT2D eigenvalue weighted by Gasteiger charge is 2.22. The fourth-order valence-electron chi connectivity index (χ4n) is 2.93. The summed E-state index contributed by atoms with van der Waals surface area (Å²) in [7, 11) is 0. The number of carbonyl (C=O) groups is 1. The Morgan fingerprint density at radius 1 is 0.923 bits per heavy atom. The van der Waals surface area contributed by atoms with Gasteiger partial charge in [0.2, 0.25) is 0 Å². The Kier molecular flexibility index (Phi) is 3.85. The highest BCUT2D eigenvalue weighted by molar-refractivity contribution is 6.12. The minimum Gasteiger partial charge on any atom is -0.488 e. The summed E-state index contributed by atoms with van der Waals surface area (Å²) in [6.45, 7) is 0.299. The Balaban J connectivity index is 1.62. The first kappa shape index (κ1) is 15.8. The Bertz CT molecular complexity index is 1010. The number of ether oxygens (including phenoxy) is 1. The molecule has 0 bridgehead atoms. The van der Waals surface area contributed by atoms with Gasteiger partial charge in [-0.1, -0.05) is 12.1 Å². The molecule has 3 aromatic carbocycles. The van der Waals surface area contributed by atoms with E-state index in [1.54, 1.807) is 30.3 Å². The minimum atomic E-state index is -0.438. The summed E-state index contributed by atoms with van der Waals surface area (Å²) in [5.74, 6) is 0.522. The Morgan fingerprint density at radius 3 is 2.42 bits per heavy atom. The molecule has 6 heteroatoms. The van der Waals surface area contributed by atoms with Gasteiger partial charge in [0.05, 0.1) is 10.5 Å². The van der Waals surface area contributed by atoms with Gasteiger partial charge >= 0.3 is 0 Å². The maximum Gasteiger partial charge on any atom is 0.269 e. The third-order valence-corrected chi connectivity index (χ3v) is 4.23. The van der Waals surface area contributed by atoms with Gasteiger partial charge in [-0.2, -0.15) is 0 Å². The number of fused-ring (bicyclic) bond motifs is 2. The van der Waals surface area contributed by atoms with Crippen molar-refractivity contribution in [2.24, 2.45) is 0 Å². The Hall–Kier alpha value is -3.67. The van der Waals surface area contributed by atoms with E-state index in [9.17, 15) is 14.9 Å². The topological polar surface area (TPSA) is 81.5 Å². The van der Waals surface area contributed by atoms with Crippen LogP contribution in [0, 0.1) is 10.1 Å². The van der Waals surface area contributed by atoms with Gasteiger partial charge in [0.15, 0.2) is 5.78 Å². The smallest absolute Gasteiger partial charge is 0.269 e. The maximum absolute atomic E-state index is 12.7. The average Bonchev–Trinajstić information content (AvgIpc) is 2.79. The van der Waals surface area contributed by atoms with E-state index in [0.717, 1.165) is 16.9 Å². The summed E-state index contributed by atoms with van der Waals surface area (Å²) in [5.41, 5.74) is 3.50. The summed E-state index contributed by atoms with van der Waals surface area (Å²) in [6.07, 6.45) is 0. The van der Waals surface area contributed by atoms with Crippen molar-refractivity contribution in [3.05, 3.63) is 93.5 Å². The van der Waals surface area contributed by atoms with E-state index in [4.69, 9.17) is 4.74 Å². The predicted molar refractivity (Wildman–Crippen MR) is 97.0 cm³/mol. The molecule has 128 valence electrons. The summed E-state index contributed by atoms with van der Waals surface area (Å²) in [5, 5.41) is 13.9. The monoisotopic (exact) mass is 346 g/mol. The molecule has 6 nitrogen and oxygen atoms in total. The highest BCUT2D eigenvalue weighted by atomic mass is 16.6. The molecule has 1 aliphatic heterocycles. The number of para-hydroxylation sites is 1. The van der Waals surface area contributed by atoms with Crippen LogP contribution in [0.25, 0.3) is 0 Å². The number of rotatable bonds is 3. The molecular formula is C20H14N2O4. The summed E-state index contributed by atoms with van der Waals surface area (Å²) >= 11 is 0. The van der Waals surface area contributed by atoms with Crippen molar-refractivity contribution < 1.29 is 14.5 Å². The number of nitrogens with zero attached hydrogens (tertiary/aromatic N) is 1. The lowest BCUT2D eigenvalue weighted by atomic mass is 9.98. The number of nitro groups is 1. The molecule has 0 spiro atoms. The second-order valence-corrected chi connectivity index (χ2v) is 5.91. The average molecular weight is 346 g/mol. The van der Waals surface area contributed by atoms with Crippen LogP contribution < -0.4 is 10.1 Å². The van der Waals surface area contributed by atoms with Crippen molar-refractivity contribution in [2.75, 3.05) is 5.32 Å². The van der Waals surface area contributed by atoms with E-state index in [0.29, 0.717) is 23.5 Å². The molecule has 0 saturated heterocycles. The van der Waals surface area contributed by atoms with Gasteiger partial charge in [-0.25, -0.2) is 0 Å². The first-order valence-electron chi connectivity index (χ1n) is 8.03. The van der Waals surface area contributed by atoms with Gasteiger partial charge in [0, 0.05) is 34.6 Å². The number of non-ortho nitro benzene ring substituents is 1. The van der Waals surface area contributed by atoms with Crippen LogP contribution in [-0.4, -0.2) is 10.7 Å². The van der Waals surface area contributed by atoms with Crippen LogP contribution in [-0.2, 0) is 6.61 Å². The highest BCUT2D eigenvalue weighted by Crippen LogP contribution is 2.30. The Labute approximate surface area is 149 Å². The second kappa shape index (κ2) is 6.33. The van der Waals surface area contributed by atoms with Crippen LogP contribution in [0.1, 0.15) is 21.5 Å². The normalized spacial score (nSPS) is 12.4. The van der Waals surface area contributed by atoms with Crippen LogP contribution in [0.15, 0.2) is 66.7 Å². The molecule has 0 amide bonds. The quantitative estimate of drug-likeness (QED) is 0.559. The van der Waals surface area contributed by atoms with Gasteiger partial charge in [-0.05, 0) is 42.5 Å². The molecule has 0 radical (unpaired) electrons. The molecule has 3 aromatic rings. The number of anilines is 2. The molecule has 0 saturated carbocycles. The number of carbonyl (C=O) groups excluding carboxylic acids is 1. The number of hydrogen-bond acceptors (Lipinski definition) is 5. The van der Waals surface area contributed by atoms with Gasteiger partial charge in [-0.3, -0.25) is 14.9 Å². The van der Waals surface area contributed by atoms with Crippen molar-refractivity contribution in [3.8, 4) is 5.75 Å². The van der Waals surface area contributed by atoms with Crippen LogP contribution >= 0.6 is 0 Å². The zero-order valence-corrected chi connectivity index (χ0v) is 13.6. The number of hydrogen-bond donors (Lipinski definition) is 1. The van der Waals surface area contributed by atoms with E-state index in [-0.39, 0.29) is 11.5 Å². The lowest BCUT2D eigenvalue weighted by Crippen LogP contribution is -2.03. The first-order chi connectivity index (χ1) is 12.6. The molecular weight excluding hydrogens is 332 g/mol. The van der Waals surface area contributed by atoms with Gasteiger partial charge in [0.25, 0.3) is 5.69 Å². The van der Waals surface area contributed by atoms with Crippen LogP contribution in [0.2, 0.25) is 0 Å². The standard InChI is InChI=1S/C20H14N2O4/c23-20-17-10-7-15(21-14-5-8-16(9-6-14)22(24)25)11-13(17)12-26-19-4-2-1-3-18(19)20/h1-11,21H,12H2. The lowest BCUT2D eigenvalue weighted by molar-refractivity contribution is -0.384. The third kappa shape index (κ3) is 2.88. The zero-order valence-electron chi connectivity index (χ0n) is 13.6. The summed E-state index contributed by atoms with van der Waals surface area (Å²) in [6, 6.07) is 18.8. The third-order valence-electron chi connectivity index (χ3n) is 4.23. The SMILES string of the molecule is O=C1c2ccc(Nc3ccc([N+](=O)[O-])cc3)cc2COc2ccccc21. The molecule has 0 aliphatic carbocycles. The van der Waals surface area contributed by atoms with Gasteiger partial charge < -0.3 is 10.1 Å². The molecule has 4 rings (SSSR count). The van der Waals surface area contributed by atoms with Crippen LogP contribution in [0.3, 0.4) is 0 Å². The fraction of sp³-hybridized carbons (Fsp3) is 0.0500. The van der Waals surface area contributed by atoms with E-state index in [1.165, 1.54) is 12.1 Å². The molecule has 1 aliphatic rings. The predicted octanol–water partition coefficient (Wildman–Crippen LogP) is 4.46. The van der Waals surface area contributed by atoms with Crippen molar-refractivity contribution >= 4 is 22.8 Å².